The van der Waals surface area contributed by atoms with Gasteiger partial charge in [-0.2, -0.15) is 0 Å². The largest absolute Gasteiger partial charge is 0.292 e. The Morgan fingerprint density at radius 1 is 0.576 bits per heavy atom. The van der Waals surface area contributed by atoms with Crippen LogP contribution in [-0.4, -0.2) is 9.55 Å². The summed E-state index contributed by atoms with van der Waals surface area (Å²) in [4.78, 5) is 5.31. The Kier molecular flexibility index (Phi) is 4.82. The van der Waals surface area contributed by atoms with Crippen LogP contribution in [0, 0.1) is 0 Å². The molecule has 2 nitrogen and oxygen atoms in total. The van der Waals surface area contributed by atoms with Gasteiger partial charge in [-0.15, -0.1) is 0 Å². The fraction of sp³-hybridized carbons (Fsp3) is 0. The van der Waals surface area contributed by atoms with Gasteiger partial charge in [0.15, 0.2) is 0 Å². The van der Waals surface area contributed by atoms with E-state index < -0.39 is 0 Å². The molecule has 33 heavy (non-hydrogen) atoms. The number of imidazole rings is 1. The quantitative estimate of drug-likeness (QED) is 0.331. The van der Waals surface area contributed by atoms with Crippen LogP contribution in [-0.2, 0) is 0 Å². The van der Waals surface area contributed by atoms with Gasteiger partial charge in [-0.25, -0.2) is 4.98 Å². The number of nitrogens with zero attached hydrogens (tertiary/aromatic N) is 2. The molecule has 1 heterocycles. The van der Waals surface area contributed by atoms with Gasteiger partial charge in [-0.05, 0) is 23.3 Å². The van der Waals surface area contributed by atoms with Gasteiger partial charge < -0.3 is 0 Å². The number of benzene rings is 3. The Bertz CT molecular complexity index is 1450. The van der Waals surface area contributed by atoms with Crippen molar-refractivity contribution in [1.82, 2.24) is 9.55 Å². The summed E-state index contributed by atoms with van der Waals surface area (Å²) >= 11 is 0. The molecule has 4 aromatic rings. The number of aromatic nitrogens is 2. The number of hydrogen-bond donors (Lipinski definition) is 0. The molecular weight excluding hydrogens is 400 g/mol. The van der Waals surface area contributed by atoms with Crippen molar-refractivity contribution < 1.29 is 0 Å². The molecule has 0 saturated heterocycles. The van der Waals surface area contributed by atoms with E-state index in [0.29, 0.717) is 0 Å². The van der Waals surface area contributed by atoms with Crippen LogP contribution in [0.1, 0.15) is 5.82 Å². The fourth-order valence-electron chi connectivity index (χ4n) is 4.51. The third-order valence-electron chi connectivity index (χ3n) is 6.02. The van der Waals surface area contributed by atoms with Gasteiger partial charge in [0.2, 0.25) is 0 Å². The second kappa shape index (κ2) is 8.25. The van der Waals surface area contributed by atoms with Crippen LogP contribution in [0.5, 0.6) is 0 Å². The van der Waals surface area contributed by atoms with Crippen molar-refractivity contribution in [2.24, 2.45) is 0 Å². The lowest BCUT2D eigenvalue weighted by atomic mass is 10.0. The summed E-state index contributed by atoms with van der Waals surface area (Å²) in [6.07, 6.45) is 15.0. The molecular formula is C31H22N2. The molecule has 2 aliphatic carbocycles. The molecule has 0 unspecified atom stereocenters. The molecule has 0 spiro atoms. The van der Waals surface area contributed by atoms with Crippen LogP contribution >= 0.6 is 0 Å². The summed E-state index contributed by atoms with van der Waals surface area (Å²) in [6, 6.07) is 31.5. The van der Waals surface area contributed by atoms with E-state index in [0.717, 1.165) is 39.6 Å². The van der Waals surface area contributed by atoms with E-state index in [-0.39, 0.29) is 0 Å². The van der Waals surface area contributed by atoms with Crippen LogP contribution < -0.4 is 0 Å². The predicted molar refractivity (Wildman–Crippen MR) is 137 cm³/mol. The fourth-order valence-corrected chi connectivity index (χ4v) is 4.51. The van der Waals surface area contributed by atoms with Gasteiger partial charge in [0.25, 0.3) is 0 Å². The maximum Gasteiger partial charge on any atom is 0.146 e. The standard InChI is InChI=1S/C31H22N2/c1-4-15-24(16-5-1)29-30(25-17-6-2-7-18-25)33(26-19-8-3-9-20-26)31(32-29)28-22-12-21-27(28)23-13-10-11-14-23/h1-22H. The van der Waals surface area contributed by atoms with E-state index in [4.69, 9.17) is 4.98 Å². The van der Waals surface area contributed by atoms with E-state index in [1.807, 2.05) is 6.07 Å². The predicted octanol–water partition coefficient (Wildman–Crippen LogP) is 7.58. The van der Waals surface area contributed by atoms with Gasteiger partial charge in [0.1, 0.15) is 5.82 Å². The molecule has 156 valence electrons. The van der Waals surface area contributed by atoms with Crippen molar-refractivity contribution in [2.75, 3.05) is 0 Å². The highest BCUT2D eigenvalue weighted by Gasteiger charge is 2.25. The van der Waals surface area contributed by atoms with Crippen LogP contribution in [0.15, 0.2) is 145 Å². The lowest BCUT2D eigenvalue weighted by Gasteiger charge is -2.15. The van der Waals surface area contributed by atoms with Crippen molar-refractivity contribution >= 4 is 5.57 Å². The Balaban J connectivity index is 1.69. The monoisotopic (exact) mass is 422 g/mol. The zero-order chi connectivity index (χ0) is 22.0. The highest BCUT2D eigenvalue weighted by atomic mass is 15.1. The van der Waals surface area contributed by atoms with E-state index >= 15 is 0 Å². The molecule has 0 N–H and O–H groups in total. The number of para-hydroxylation sites is 1. The second-order valence-corrected chi connectivity index (χ2v) is 8.06. The second-order valence-electron chi connectivity index (χ2n) is 8.06. The summed E-state index contributed by atoms with van der Waals surface area (Å²) in [6.45, 7) is 0. The summed E-state index contributed by atoms with van der Waals surface area (Å²) < 4.78 is 2.30. The highest BCUT2D eigenvalue weighted by Crippen LogP contribution is 2.40. The summed E-state index contributed by atoms with van der Waals surface area (Å²) in [5.41, 5.74) is 8.95. The third kappa shape index (κ3) is 3.42. The Hall–Kier alpha value is -4.43. The normalized spacial score (nSPS) is 14.4. The Labute approximate surface area is 193 Å². The first-order valence-electron chi connectivity index (χ1n) is 11.2. The molecule has 0 radical (unpaired) electrons. The smallest absolute Gasteiger partial charge is 0.146 e. The molecule has 0 atom stereocenters. The van der Waals surface area contributed by atoms with Crippen molar-refractivity contribution in [3.8, 4) is 28.2 Å². The molecule has 0 bridgehead atoms. The minimum atomic E-state index is 0.945. The zero-order valence-electron chi connectivity index (χ0n) is 18.1. The minimum Gasteiger partial charge on any atom is -0.292 e. The Morgan fingerprint density at radius 3 is 1.85 bits per heavy atom. The van der Waals surface area contributed by atoms with Crippen molar-refractivity contribution in [3.63, 3.8) is 0 Å². The average Bonchev–Trinajstić information content (AvgIpc) is 3.65. The van der Waals surface area contributed by atoms with E-state index in [2.05, 4.69) is 132 Å². The lowest BCUT2D eigenvalue weighted by molar-refractivity contribution is 1.03. The van der Waals surface area contributed by atoms with Gasteiger partial charge in [0, 0.05) is 22.4 Å². The minimum absolute atomic E-state index is 0.945. The number of hydrogen-bond acceptors (Lipinski definition) is 1. The topological polar surface area (TPSA) is 17.8 Å². The molecule has 1 aromatic heterocycles. The first-order chi connectivity index (χ1) is 16.4. The Morgan fingerprint density at radius 2 is 1.18 bits per heavy atom. The number of rotatable bonds is 4. The first-order valence-corrected chi connectivity index (χ1v) is 11.2. The third-order valence-corrected chi connectivity index (χ3v) is 6.02. The number of allylic oxidation sites excluding steroid dienone is 10. The molecule has 0 fully saturated rings. The molecule has 0 amide bonds. The van der Waals surface area contributed by atoms with Crippen LogP contribution in [0.25, 0.3) is 33.8 Å². The molecule has 3 aromatic carbocycles. The van der Waals surface area contributed by atoms with Gasteiger partial charge in [-0.1, -0.05) is 121 Å². The summed E-state index contributed by atoms with van der Waals surface area (Å²) in [7, 11) is 0. The zero-order valence-corrected chi connectivity index (χ0v) is 18.1. The van der Waals surface area contributed by atoms with E-state index in [1.54, 1.807) is 0 Å². The van der Waals surface area contributed by atoms with Crippen LogP contribution in [0.3, 0.4) is 0 Å². The summed E-state index contributed by atoms with van der Waals surface area (Å²) in [5.74, 6) is 0.945. The van der Waals surface area contributed by atoms with Crippen LogP contribution in [0.4, 0.5) is 0 Å². The average molecular weight is 423 g/mol. The van der Waals surface area contributed by atoms with Crippen LogP contribution in [0.2, 0.25) is 0 Å². The molecule has 0 saturated carbocycles. The molecule has 6 rings (SSSR count). The maximum absolute atomic E-state index is 5.31. The lowest BCUT2D eigenvalue weighted by Crippen LogP contribution is -2.03. The molecule has 2 heteroatoms. The van der Waals surface area contributed by atoms with E-state index in [1.165, 1.54) is 11.1 Å². The molecule has 0 aliphatic heterocycles. The van der Waals surface area contributed by atoms with Gasteiger partial charge in [0.05, 0.1) is 11.4 Å². The van der Waals surface area contributed by atoms with Crippen molar-refractivity contribution in [1.29, 1.82) is 0 Å². The molecule has 2 aliphatic rings. The van der Waals surface area contributed by atoms with Gasteiger partial charge >= 0.3 is 0 Å². The van der Waals surface area contributed by atoms with Gasteiger partial charge in [-0.3, -0.25) is 4.57 Å². The summed E-state index contributed by atoms with van der Waals surface area (Å²) in [5, 5.41) is 0. The highest BCUT2D eigenvalue weighted by molar-refractivity contribution is 5.91. The first kappa shape index (κ1) is 19.3. The van der Waals surface area contributed by atoms with E-state index in [9.17, 15) is 0 Å². The maximum atomic E-state index is 5.31. The van der Waals surface area contributed by atoms with Crippen molar-refractivity contribution in [2.45, 2.75) is 0 Å². The van der Waals surface area contributed by atoms with Crippen molar-refractivity contribution in [3.05, 3.63) is 150 Å². The SMILES string of the molecule is C1=CC(=C2C=CC=C2c2nc(-c3ccccc3)c(-c3ccccc3)n2-c2ccccc2)C=C1.